The summed E-state index contributed by atoms with van der Waals surface area (Å²) in [4.78, 5) is 24.5. The minimum atomic E-state index is -0.359. The van der Waals surface area contributed by atoms with E-state index in [9.17, 15) is 9.59 Å². The molecule has 0 aliphatic rings. The molecule has 0 saturated heterocycles. The predicted molar refractivity (Wildman–Crippen MR) is 89.0 cm³/mol. The first-order valence-electron chi connectivity index (χ1n) is 6.47. The van der Waals surface area contributed by atoms with Crippen LogP contribution < -0.4 is 0 Å². The Morgan fingerprint density at radius 3 is 1.61 bits per heavy atom. The lowest BCUT2D eigenvalue weighted by Gasteiger charge is -1.93. The minimum Gasteiger partial charge on any atom is -0.473 e. The number of carbonyl (C=O) groups excluding carboxylic acids is 2. The summed E-state index contributed by atoms with van der Waals surface area (Å²) in [5.41, 5.74) is 1.04. The van der Waals surface area contributed by atoms with Gasteiger partial charge in [0.05, 0.1) is 37.9 Å². The van der Waals surface area contributed by atoms with Gasteiger partial charge in [0.15, 0.2) is 0 Å². The van der Waals surface area contributed by atoms with Gasteiger partial charge in [0.25, 0.3) is 0 Å². The molecule has 5 nitrogen and oxygen atoms in total. The summed E-state index contributed by atoms with van der Waals surface area (Å²) in [7, 11) is 2.69. The number of rotatable bonds is 3. The van der Waals surface area contributed by atoms with E-state index in [4.69, 9.17) is 0 Å². The van der Waals surface area contributed by atoms with Crippen LogP contribution in [-0.4, -0.2) is 26.2 Å². The fraction of sp³-hybridized carbons (Fsp3) is 0.125. The number of furan rings is 1. The third-order valence-corrected chi connectivity index (χ3v) is 4.77. The van der Waals surface area contributed by atoms with Crippen LogP contribution in [0.25, 0.3) is 9.75 Å². The molecule has 0 aliphatic carbocycles. The highest BCUT2D eigenvalue weighted by molar-refractivity contribution is 7.20. The van der Waals surface area contributed by atoms with Crippen LogP contribution in [0.1, 0.15) is 20.7 Å². The summed E-state index contributed by atoms with van der Waals surface area (Å²) >= 11 is 2.87. The molecule has 3 aromatic heterocycles. The van der Waals surface area contributed by atoms with Gasteiger partial charge in [-0.15, -0.1) is 22.7 Å². The fourth-order valence-corrected chi connectivity index (χ4v) is 3.47. The number of thiophene rings is 2. The van der Waals surface area contributed by atoms with Gasteiger partial charge in [0.2, 0.25) is 0 Å². The topological polar surface area (TPSA) is 65.7 Å². The molecule has 0 radical (unpaired) electrons. The van der Waals surface area contributed by atoms with Crippen LogP contribution in [0.3, 0.4) is 0 Å². The average molecular weight is 350 g/mol. The highest BCUT2D eigenvalue weighted by atomic mass is 32.1. The van der Waals surface area contributed by atoms with E-state index in [1.54, 1.807) is 35.4 Å². The number of esters is 2. The van der Waals surface area contributed by atoms with Gasteiger partial charge < -0.3 is 13.9 Å². The van der Waals surface area contributed by atoms with E-state index in [0.717, 1.165) is 9.75 Å². The molecule has 7 heteroatoms. The average Bonchev–Trinajstić information content (AvgIpc) is 3.35. The molecule has 3 aromatic rings. The van der Waals surface area contributed by atoms with Crippen molar-refractivity contribution in [2.75, 3.05) is 14.2 Å². The van der Waals surface area contributed by atoms with E-state index in [0.29, 0.717) is 11.1 Å². The van der Waals surface area contributed by atoms with Crippen LogP contribution in [0.5, 0.6) is 0 Å². The second-order valence-corrected chi connectivity index (χ2v) is 6.00. The molecule has 0 amide bonds. The van der Waals surface area contributed by atoms with Gasteiger partial charge in [0.1, 0.15) is 0 Å². The molecule has 0 atom stereocenters. The van der Waals surface area contributed by atoms with Crippen molar-refractivity contribution in [1.29, 1.82) is 0 Å². The van der Waals surface area contributed by atoms with E-state index >= 15 is 0 Å². The second-order valence-electron chi connectivity index (χ2n) is 4.18. The molecule has 0 bridgehead atoms. The first-order chi connectivity index (χ1) is 11.2. The summed E-state index contributed by atoms with van der Waals surface area (Å²) in [5.74, 6) is -0.718. The lowest BCUT2D eigenvalue weighted by atomic mass is 10.2. The molecule has 0 aliphatic heterocycles. The van der Waals surface area contributed by atoms with Crippen molar-refractivity contribution in [1.82, 2.24) is 0 Å². The van der Waals surface area contributed by atoms with Crippen LogP contribution in [-0.2, 0) is 9.47 Å². The molecule has 0 unspecified atom stereocenters. The van der Waals surface area contributed by atoms with Crippen molar-refractivity contribution < 1.29 is 23.5 Å². The quantitative estimate of drug-likeness (QED) is 0.658. The molecular formula is C16H14O5S2. The van der Waals surface area contributed by atoms with E-state index < -0.39 is 0 Å². The molecule has 3 rings (SSSR count). The first kappa shape index (κ1) is 17.0. The largest absolute Gasteiger partial charge is 0.473 e. The van der Waals surface area contributed by atoms with Crippen LogP contribution in [0.4, 0.5) is 0 Å². The molecule has 3 heterocycles. The lowest BCUT2D eigenvalue weighted by Crippen LogP contribution is -1.98. The third-order valence-electron chi connectivity index (χ3n) is 2.71. The first-order valence-corrected chi connectivity index (χ1v) is 8.23. The van der Waals surface area contributed by atoms with E-state index in [2.05, 4.69) is 13.9 Å². The van der Waals surface area contributed by atoms with Crippen molar-refractivity contribution in [3.05, 3.63) is 58.7 Å². The number of hydrogen-bond acceptors (Lipinski definition) is 7. The Morgan fingerprint density at radius 1 is 0.870 bits per heavy atom. The van der Waals surface area contributed by atoms with Crippen molar-refractivity contribution >= 4 is 34.6 Å². The Morgan fingerprint density at radius 2 is 1.30 bits per heavy atom. The Bertz CT molecular complexity index is 686. The van der Waals surface area contributed by atoms with Gasteiger partial charge in [-0.25, -0.2) is 9.59 Å². The zero-order chi connectivity index (χ0) is 16.7. The summed E-state index contributed by atoms with van der Waals surface area (Å²) in [6.45, 7) is 0. The highest BCUT2D eigenvalue weighted by Crippen LogP contribution is 2.32. The van der Waals surface area contributed by atoms with Gasteiger partial charge in [0, 0.05) is 20.5 Å². The van der Waals surface area contributed by atoms with E-state index in [1.165, 1.54) is 36.9 Å². The second kappa shape index (κ2) is 8.30. The van der Waals surface area contributed by atoms with E-state index in [1.807, 2.05) is 12.1 Å². The molecule has 0 N–H and O–H groups in total. The Labute approximate surface area is 141 Å². The maximum absolute atomic E-state index is 11.3. The molecule has 0 saturated carbocycles. The lowest BCUT2D eigenvalue weighted by molar-refractivity contribution is 0.0592. The number of methoxy groups -OCH3 is 2. The Hall–Kier alpha value is -2.38. The third kappa shape index (κ3) is 4.54. The fourth-order valence-electron chi connectivity index (χ4n) is 1.61. The molecular weight excluding hydrogens is 336 g/mol. The molecule has 0 spiro atoms. The molecule has 120 valence electrons. The Balaban J connectivity index is 0.000000326. The van der Waals surface area contributed by atoms with Gasteiger partial charge in [-0.05, 0) is 24.3 Å². The summed E-state index contributed by atoms with van der Waals surface area (Å²) < 4.78 is 13.9. The zero-order valence-corrected chi connectivity index (χ0v) is 14.1. The van der Waals surface area contributed by atoms with Crippen LogP contribution in [0.15, 0.2) is 52.0 Å². The molecule has 23 heavy (non-hydrogen) atoms. The monoisotopic (exact) mass is 350 g/mol. The number of hydrogen-bond donors (Lipinski definition) is 0. The van der Waals surface area contributed by atoms with Gasteiger partial charge in [-0.2, -0.15) is 0 Å². The number of ether oxygens (including phenoxy) is 2. The standard InChI is InChI=1S/C12H10O4S2.C4H4O/c1-15-11(13)7-3-9(17-5-7)10-4-8(6-18-10)12(14)16-2;1-2-4-5-3-1/h3-6H,1-2H3;1-4H. The van der Waals surface area contributed by atoms with Crippen molar-refractivity contribution in [2.45, 2.75) is 0 Å². The van der Waals surface area contributed by atoms with Gasteiger partial charge in [-0.1, -0.05) is 0 Å². The van der Waals surface area contributed by atoms with Crippen molar-refractivity contribution in [2.24, 2.45) is 0 Å². The zero-order valence-electron chi connectivity index (χ0n) is 12.5. The van der Waals surface area contributed by atoms with Crippen molar-refractivity contribution in [3.8, 4) is 9.75 Å². The van der Waals surface area contributed by atoms with Crippen LogP contribution in [0.2, 0.25) is 0 Å². The Kier molecular flexibility index (Phi) is 6.13. The molecule has 0 aromatic carbocycles. The smallest absolute Gasteiger partial charge is 0.338 e. The van der Waals surface area contributed by atoms with Gasteiger partial charge in [-0.3, -0.25) is 0 Å². The van der Waals surface area contributed by atoms with Crippen LogP contribution in [0, 0.1) is 0 Å². The molecule has 0 fully saturated rings. The van der Waals surface area contributed by atoms with Gasteiger partial charge >= 0.3 is 11.9 Å². The SMILES string of the molecule is COC(=O)c1csc(-c2cc(C(=O)OC)cs2)c1.c1ccoc1. The minimum absolute atomic E-state index is 0.359. The maximum Gasteiger partial charge on any atom is 0.338 e. The predicted octanol–water partition coefficient (Wildman–Crippen LogP) is 4.33. The maximum atomic E-state index is 11.3. The summed E-state index contributed by atoms with van der Waals surface area (Å²) in [6.07, 6.45) is 3.25. The summed E-state index contributed by atoms with van der Waals surface area (Å²) in [5, 5.41) is 3.47. The summed E-state index contributed by atoms with van der Waals surface area (Å²) in [6, 6.07) is 7.17. The highest BCUT2D eigenvalue weighted by Gasteiger charge is 2.13. The van der Waals surface area contributed by atoms with Crippen LogP contribution >= 0.6 is 22.7 Å². The normalized spacial score (nSPS) is 9.65. The number of carbonyl (C=O) groups is 2. The van der Waals surface area contributed by atoms with Crippen molar-refractivity contribution in [3.63, 3.8) is 0 Å². The van der Waals surface area contributed by atoms with E-state index in [-0.39, 0.29) is 11.9 Å².